The average Bonchev–Trinajstić information content (AvgIpc) is 3.44. The van der Waals surface area contributed by atoms with Gasteiger partial charge in [0.05, 0.1) is 4.88 Å². The van der Waals surface area contributed by atoms with Crippen molar-refractivity contribution in [3.8, 4) is 22.0 Å². The molecule has 0 spiro atoms. The quantitative estimate of drug-likeness (QED) is 0.469. The van der Waals surface area contributed by atoms with Gasteiger partial charge in [-0.05, 0) is 30.0 Å². The molecule has 138 valence electrons. The van der Waals surface area contributed by atoms with Crippen LogP contribution in [0.4, 0.5) is 0 Å². The molecule has 0 saturated carbocycles. The van der Waals surface area contributed by atoms with E-state index < -0.39 is 0 Å². The predicted molar refractivity (Wildman–Crippen MR) is 106 cm³/mol. The van der Waals surface area contributed by atoms with Crippen LogP contribution in [0.25, 0.3) is 27.5 Å². The van der Waals surface area contributed by atoms with Gasteiger partial charge in [-0.1, -0.05) is 35.5 Å². The molecule has 4 heterocycles. The summed E-state index contributed by atoms with van der Waals surface area (Å²) in [5, 5.41) is 10.5. The maximum absolute atomic E-state index is 12.9. The molecule has 0 aliphatic carbocycles. The summed E-state index contributed by atoms with van der Waals surface area (Å²) in [5.74, 6) is 0.897. The van der Waals surface area contributed by atoms with Crippen LogP contribution in [0, 0.1) is 6.92 Å². The van der Waals surface area contributed by atoms with Gasteiger partial charge >= 0.3 is 0 Å². The monoisotopic (exact) mass is 389 g/mol. The third kappa shape index (κ3) is 2.84. The minimum Gasteiger partial charge on any atom is -0.337 e. The zero-order valence-electron chi connectivity index (χ0n) is 14.9. The van der Waals surface area contributed by atoms with E-state index in [1.54, 1.807) is 38.9 Å². The highest BCUT2D eigenvalue weighted by Gasteiger charge is 2.14. The zero-order valence-corrected chi connectivity index (χ0v) is 15.8. The highest BCUT2D eigenvalue weighted by Crippen LogP contribution is 2.23. The molecule has 5 aromatic rings. The Morgan fingerprint density at radius 2 is 2.04 bits per heavy atom. The Hall–Kier alpha value is -3.52. The lowest BCUT2D eigenvalue weighted by Crippen LogP contribution is -2.21. The molecule has 5 rings (SSSR count). The second kappa shape index (κ2) is 6.58. The molecule has 0 saturated heterocycles. The van der Waals surface area contributed by atoms with Gasteiger partial charge in [-0.3, -0.25) is 4.79 Å². The fraction of sp³-hybridized carbons (Fsp3) is 0.100. The van der Waals surface area contributed by atoms with Crippen molar-refractivity contribution in [1.82, 2.24) is 24.3 Å². The molecular weight excluding hydrogens is 374 g/mol. The average molecular weight is 389 g/mol. The lowest BCUT2D eigenvalue weighted by Gasteiger charge is -2.02. The van der Waals surface area contributed by atoms with Crippen LogP contribution in [0.15, 0.2) is 69.6 Å². The van der Waals surface area contributed by atoms with Crippen LogP contribution in [0.2, 0.25) is 0 Å². The van der Waals surface area contributed by atoms with E-state index in [-0.39, 0.29) is 12.1 Å². The van der Waals surface area contributed by atoms with Crippen molar-refractivity contribution in [2.24, 2.45) is 0 Å². The molecular formula is C20H15N5O2S. The molecule has 8 heteroatoms. The SMILES string of the molecule is Cc1ccccc1-c1noc(Cn2ccn3nc(-c4cccs4)cc3c2=O)n1. The summed E-state index contributed by atoms with van der Waals surface area (Å²) in [7, 11) is 0. The maximum atomic E-state index is 12.9. The van der Waals surface area contributed by atoms with Gasteiger partial charge in [-0.2, -0.15) is 10.1 Å². The molecule has 0 radical (unpaired) electrons. The second-order valence-electron chi connectivity index (χ2n) is 6.39. The molecule has 4 aromatic heterocycles. The summed E-state index contributed by atoms with van der Waals surface area (Å²) in [6, 6.07) is 13.6. The number of aromatic nitrogens is 5. The van der Waals surface area contributed by atoms with E-state index in [4.69, 9.17) is 4.52 Å². The van der Waals surface area contributed by atoms with E-state index in [0.717, 1.165) is 21.7 Å². The topological polar surface area (TPSA) is 78.2 Å². The predicted octanol–water partition coefficient (Wildman–Crippen LogP) is 3.63. The van der Waals surface area contributed by atoms with Crippen LogP contribution in [-0.4, -0.2) is 24.3 Å². The van der Waals surface area contributed by atoms with Crippen molar-refractivity contribution in [1.29, 1.82) is 0 Å². The second-order valence-corrected chi connectivity index (χ2v) is 7.34. The van der Waals surface area contributed by atoms with Crippen molar-refractivity contribution < 1.29 is 4.52 Å². The number of aryl methyl sites for hydroxylation is 1. The number of thiophene rings is 1. The smallest absolute Gasteiger partial charge is 0.277 e. The minimum absolute atomic E-state index is 0.159. The van der Waals surface area contributed by atoms with Crippen LogP contribution < -0.4 is 5.56 Å². The number of hydrogen-bond acceptors (Lipinski definition) is 6. The van der Waals surface area contributed by atoms with Gasteiger partial charge in [0, 0.05) is 18.0 Å². The van der Waals surface area contributed by atoms with Crippen LogP contribution in [0.5, 0.6) is 0 Å². The van der Waals surface area contributed by atoms with Crippen molar-refractivity contribution in [2.45, 2.75) is 13.5 Å². The highest BCUT2D eigenvalue weighted by atomic mass is 32.1. The fourth-order valence-corrected chi connectivity index (χ4v) is 3.77. The van der Waals surface area contributed by atoms with Gasteiger partial charge < -0.3 is 9.09 Å². The Labute approximate surface area is 163 Å². The van der Waals surface area contributed by atoms with Gasteiger partial charge in [0.15, 0.2) is 0 Å². The molecule has 0 N–H and O–H groups in total. The van der Waals surface area contributed by atoms with Crippen molar-refractivity contribution in [3.63, 3.8) is 0 Å². The molecule has 28 heavy (non-hydrogen) atoms. The summed E-state index contributed by atoms with van der Waals surface area (Å²) >= 11 is 1.59. The Kier molecular flexibility index (Phi) is 3.91. The Morgan fingerprint density at radius 3 is 2.86 bits per heavy atom. The fourth-order valence-electron chi connectivity index (χ4n) is 3.09. The first-order valence-electron chi connectivity index (χ1n) is 8.70. The standard InChI is InChI=1S/C20H15N5O2S/c1-13-5-2-3-6-14(13)19-21-18(27-23-19)12-24-8-9-25-16(20(24)26)11-15(22-25)17-7-4-10-28-17/h2-11H,12H2,1H3. The van der Waals surface area contributed by atoms with E-state index >= 15 is 0 Å². The molecule has 7 nitrogen and oxygen atoms in total. The van der Waals surface area contributed by atoms with Crippen LogP contribution in [-0.2, 0) is 6.54 Å². The van der Waals surface area contributed by atoms with Gasteiger partial charge in [-0.25, -0.2) is 4.52 Å². The van der Waals surface area contributed by atoms with Gasteiger partial charge in [0.1, 0.15) is 17.8 Å². The third-order valence-electron chi connectivity index (χ3n) is 4.54. The summed E-state index contributed by atoms with van der Waals surface area (Å²) in [6.07, 6.45) is 3.44. The molecule has 0 aliphatic rings. The lowest BCUT2D eigenvalue weighted by atomic mass is 10.1. The number of rotatable bonds is 4. The highest BCUT2D eigenvalue weighted by molar-refractivity contribution is 7.13. The van der Waals surface area contributed by atoms with Crippen molar-refractivity contribution in [2.75, 3.05) is 0 Å². The summed E-state index contributed by atoms with van der Waals surface area (Å²) in [6.45, 7) is 2.20. The Balaban J connectivity index is 1.48. The Morgan fingerprint density at radius 1 is 1.14 bits per heavy atom. The van der Waals surface area contributed by atoms with Crippen LogP contribution in [0.3, 0.4) is 0 Å². The Bertz CT molecular complexity index is 1330. The van der Waals surface area contributed by atoms with Crippen LogP contribution in [0.1, 0.15) is 11.5 Å². The zero-order chi connectivity index (χ0) is 19.1. The van der Waals surface area contributed by atoms with E-state index in [0.29, 0.717) is 17.2 Å². The summed E-state index contributed by atoms with van der Waals surface area (Å²) < 4.78 is 8.51. The van der Waals surface area contributed by atoms with Gasteiger partial charge in [0.2, 0.25) is 11.7 Å². The summed E-state index contributed by atoms with van der Waals surface area (Å²) in [5.41, 5.74) is 3.10. The lowest BCUT2D eigenvalue weighted by molar-refractivity contribution is 0.370. The number of fused-ring (bicyclic) bond motifs is 1. The van der Waals surface area contributed by atoms with Gasteiger partial charge in [0.25, 0.3) is 5.56 Å². The molecule has 0 bridgehead atoms. The number of nitrogens with zero attached hydrogens (tertiary/aromatic N) is 5. The minimum atomic E-state index is -0.159. The maximum Gasteiger partial charge on any atom is 0.277 e. The molecule has 0 unspecified atom stereocenters. The van der Waals surface area contributed by atoms with E-state index in [9.17, 15) is 4.79 Å². The largest absolute Gasteiger partial charge is 0.337 e. The molecule has 0 aliphatic heterocycles. The number of hydrogen-bond donors (Lipinski definition) is 0. The first kappa shape index (κ1) is 16.6. The van der Waals surface area contributed by atoms with Gasteiger partial charge in [-0.15, -0.1) is 11.3 Å². The normalized spacial score (nSPS) is 11.3. The third-order valence-corrected chi connectivity index (χ3v) is 5.43. The first-order chi connectivity index (χ1) is 13.7. The molecule has 0 fully saturated rings. The van der Waals surface area contributed by atoms with E-state index in [2.05, 4.69) is 15.2 Å². The molecule has 1 aromatic carbocycles. The van der Waals surface area contributed by atoms with E-state index in [1.807, 2.05) is 48.7 Å². The van der Waals surface area contributed by atoms with Crippen molar-refractivity contribution in [3.05, 3.63) is 82.0 Å². The number of benzene rings is 1. The molecule has 0 atom stereocenters. The summed E-state index contributed by atoms with van der Waals surface area (Å²) in [4.78, 5) is 18.3. The molecule has 0 amide bonds. The van der Waals surface area contributed by atoms with Crippen molar-refractivity contribution >= 4 is 16.9 Å². The van der Waals surface area contributed by atoms with E-state index in [1.165, 1.54) is 0 Å². The first-order valence-corrected chi connectivity index (χ1v) is 9.58. The van der Waals surface area contributed by atoms with Crippen LogP contribution >= 0.6 is 11.3 Å².